The first-order chi connectivity index (χ1) is 10.1. The molecule has 110 valence electrons. The molecule has 0 fully saturated rings. The third-order valence-corrected chi connectivity index (χ3v) is 2.94. The largest absolute Gasteiger partial charge is 0.506 e. The lowest BCUT2D eigenvalue weighted by atomic mass is 10.1. The Hall–Kier alpha value is -2.69. The van der Waals surface area contributed by atoms with E-state index in [4.69, 9.17) is 4.74 Å². The minimum Gasteiger partial charge on any atom is -0.506 e. The second kappa shape index (κ2) is 6.65. The fourth-order valence-corrected chi connectivity index (χ4v) is 1.89. The molecule has 0 spiro atoms. The van der Waals surface area contributed by atoms with Crippen molar-refractivity contribution in [3.8, 4) is 11.5 Å². The molecule has 0 unspecified atom stereocenters. The monoisotopic (exact) mass is 286 g/mol. The molecule has 0 aliphatic carbocycles. The molecule has 3 N–H and O–H groups in total. The lowest BCUT2D eigenvalue weighted by molar-refractivity contribution is 0.234. The molecule has 2 aromatic carbocycles. The van der Waals surface area contributed by atoms with E-state index in [0.717, 1.165) is 16.9 Å². The molecular formula is C16H18N2O3. The van der Waals surface area contributed by atoms with Crippen molar-refractivity contribution in [1.82, 2.24) is 5.32 Å². The van der Waals surface area contributed by atoms with Gasteiger partial charge in [0.2, 0.25) is 0 Å². The van der Waals surface area contributed by atoms with Crippen LogP contribution in [0.2, 0.25) is 0 Å². The number of aromatic hydroxyl groups is 1. The third-order valence-electron chi connectivity index (χ3n) is 2.94. The number of carbonyl (C=O) groups is 1. The van der Waals surface area contributed by atoms with Crippen LogP contribution in [0.25, 0.3) is 0 Å². The number of carbonyl (C=O) groups excluding carboxylic acids is 1. The topological polar surface area (TPSA) is 70.6 Å². The average Bonchev–Trinajstić information content (AvgIpc) is 2.44. The summed E-state index contributed by atoms with van der Waals surface area (Å²) in [5.74, 6) is 0.742. The van der Waals surface area contributed by atoms with Crippen molar-refractivity contribution in [2.24, 2.45) is 0 Å². The summed E-state index contributed by atoms with van der Waals surface area (Å²) in [5, 5.41) is 14.7. The van der Waals surface area contributed by atoms with Gasteiger partial charge in [-0.05, 0) is 37.6 Å². The van der Waals surface area contributed by atoms with Gasteiger partial charge in [-0.3, -0.25) is 0 Å². The summed E-state index contributed by atoms with van der Waals surface area (Å²) < 4.78 is 5.50. The fraction of sp³-hybridized carbons (Fsp3) is 0.188. The van der Waals surface area contributed by atoms with Crippen molar-refractivity contribution in [2.45, 2.75) is 13.8 Å². The van der Waals surface area contributed by atoms with Crippen molar-refractivity contribution in [3.05, 3.63) is 53.6 Å². The van der Waals surface area contributed by atoms with Crippen molar-refractivity contribution >= 4 is 11.7 Å². The highest BCUT2D eigenvalue weighted by atomic mass is 16.5. The van der Waals surface area contributed by atoms with Gasteiger partial charge < -0.3 is 20.5 Å². The van der Waals surface area contributed by atoms with Crippen LogP contribution in [0, 0.1) is 13.8 Å². The van der Waals surface area contributed by atoms with Crippen molar-refractivity contribution in [2.75, 3.05) is 12.0 Å². The Balaban J connectivity index is 1.83. The second-order valence-electron chi connectivity index (χ2n) is 4.71. The molecule has 2 aromatic rings. The van der Waals surface area contributed by atoms with E-state index in [1.807, 2.05) is 32.0 Å². The van der Waals surface area contributed by atoms with Crippen LogP contribution in [0.15, 0.2) is 42.5 Å². The second-order valence-corrected chi connectivity index (χ2v) is 4.71. The molecule has 0 heterocycles. The molecule has 2 amide bonds. The number of para-hydroxylation sites is 2. The zero-order valence-corrected chi connectivity index (χ0v) is 12.0. The van der Waals surface area contributed by atoms with Gasteiger partial charge in [0.05, 0.1) is 5.69 Å². The summed E-state index contributed by atoms with van der Waals surface area (Å²) in [6.07, 6.45) is 0. The third kappa shape index (κ3) is 4.14. The summed E-state index contributed by atoms with van der Waals surface area (Å²) >= 11 is 0. The van der Waals surface area contributed by atoms with E-state index in [2.05, 4.69) is 10.6 Å². The number of benzene rings is 2. The molecule has 0 bridgehead atoms. The Labute approximate surface area is 123 Å². The van der Waals surface area contributed by atoms with Gasteiger partial charge in [-0.25, -0.2) is 4.79 Å². The SMILES string of the molecule is Cc1ccc(OCNC(=O)Nc2ccccc2O)c(C)c1. The van der Waals surface area contributed by atoms with E-state index in [-0.39, 0.29) is 12.5 Å². The summed E-state index contributed by atoms with van der Waals surface area (Å²) in [7, 11) is 0. The first-order valence-electron chi connectivity index (χ1n) is 6.59. The first-order valence-corrected chi connectivity index (χ1v) is 6.59. The van der Waals surface area contributed by atoms with E-state index in [1.54, 1.807) is 18.2 Å². The van der Waals surface area contributed by atoms with Crippen molar-refractivity contribution in [3.63, 3.8) is 0 Å². The molecule has 0 aromatic heterocycles. The van der Waals surface area contributed by atoms with Gasteiger partial charge in [0.1, 0.15) is 11.5 Å². The highest BCUT2D eigenvalue weighted by molar-refractivity contribution is 5.90. The van der Waals surface area contributed by atoms with Crippen molar-refractivity contribution in [1.29, 1.82) is 0 Å². The smallest absolute Gasteiger partial charge is 0.321 e. The van der Waals surface area contributed by atoms with Crippen LogP contribution in [0.3, 0.4) is 0 Å². The van der Waals surface area contributed by atoms with Crippen LogP contribution in [0.5, 0.6) is 11.5 Å². The van der Waals surface area contributed by atoms with Crippen LogP contribution in [0.1, 0.15) is 11.1 Å². The number of hydrogen-bond donors (Lipinski definition) is 3. The Morgan fingerprint density at radius 1 is 1.19 bits per heavy atom. The van der Waals surface area contributed by atoms with E-state index in [1.165, 1.54) is 6.07 Å². The van der Waals surface area contributed by atoms with Gasteiger partial charge in [0.25, 0.3) is 0 Å². The van der Waals surface area contributed by atoms with Crippen LogP contribution in [0.4, 0.5) is 10.5 Å². The number of phenols is 1. The molecule has 2 rings (SSSR count). The molecule has 0 radical (unpaired) electrons. The van der Waals surface area contributed by atoms with Crippen LogP contribution in [-0.2, 0) is 0 Å². The van der Waals surface area contributed by atoms with E-state index in [9.17, 15) is 9.90 Å². The predicted octanol–water partition coefficient (Wildman–Crippen LogP) is 3.17. The molecule has 0 aliphatic heterocycles. The zero-order valence-electron chi connectivity index (χ0n) is 12.0. The lowest BCUT2D eigenvalue weighted by Crippen LogP contribution is -2.32. The Bertz CT molecular complexity index is 641. The van der Waals surface area contributed by atoms with E-state index >= 15 is 0 Å². The molecule has 5 heteroatoms. The fourth-order valence-electron chi connectivity index (χ4n) is 1.89. The number of aryl methyl sites for hydroxylation is 2. The van der Waals surface area contributed by atoms with Gasteiger partial charge in [0, 0.05) is 0 Å². The molecular weight excluding hydrogens is 268 g/mol. The van der Waals surface area contributed by atoms with Gasteiger partial charge in [-0.2, -0.15) is 0 Å². The zero-order chi connectivity index (χ0) is 15.2. The maximum absolute atomic E-state index is 11.7. The maximum Gasteiger partial charge on any atom is 0.321 e. The normalized spacial score (nSPS) is 10.0. The summed E-state index contributed by atoms with van der Waals surface area (Å²) in [4.78, 5) is 11.7. The summed E-state index contributed by atoms with van der Waals surface area (Å²) in [6, 6.07) is 11.9. The van der Waals surface area contributed by atoms with Gasteiger partial charge in [0.15, 0.2) is 6.73 Å². The summed E-state index contributed by atoms with van der Waals surface area (Å²) in [6.45, 7) is 4.00. The number of hydrogen-bond acceptors (Lipinski definition) is 3. The van der Waals surface area contributed by atoms with Crippen LogP contribution in [-0.4, -0.2) is 17.9 Å². The predicted molar refractivity (Wildman–Crippen MR) is 81.7 cm³/mol. The molecule has 21 heavy (non-hydrogen) atoms. The number of phenolic OH excluding ortho intramolecular Hbond substituents is 1. The van der Waals surface area contributed by atoms with Gasteiger partial charge in [-0.1, -0.05) is 29.8 Å². The van der Waals surface area contributed by atoms with Crippen LogP contribution >= 0.6 is 0 Å². The van der Waals surface area contributed by atoms with Crippen molar-refractivity contribution < 1.29 is 14.6 Å². The number of ether oxygens (including phenoxy) is 1. The Morgan fingerprint density at radius 3 is 2.67 bits per heavy atom. The average molecular weight is 286 g/mol. The standard InChI is InChI=1S/C16H18N2O3/c1-11-7-8-15(12(2)9-11)21-10-17-16(20)18-13-5-3-4-6-14(13)19/h3-9,19H,10H2,1-2H3,(H2,17,18,20). The van der Waals surface area contributed by atoms with Gasteiger partial charge >= 0.3 is 6.03 Å². The number of amides is 2. The molecule has 5 nitrogen and oxygen atoms in total. The maximum atomic E-state index is 11.7. The number of anilines is 1. The molecule has 0 saturated heterocycles. The number of urea groups is 1. The first kappa shape index (κ1) is 14.7. The number of rotatable bonds is 4. The lowest BCUT2D eigenvalue weighted by Gasteiger charge is -2.12. The Morgan fingerprint density at radius 2 is 1.95 bits per heavy atom. The molecule has 0 atom stereocenters. The highest BCUT2D eigenvalue weighted by Gasteiger charge is 2.05. The van der Waals surface area contributed by atoms with E-state index in [0.29, 0.717) is 5.69 Å². The van der Waals surface area contributed by atoms with Gasteiger partial charge in [-0.15, -0.1) is 0 Å². The summed E-state index contributed by atoms with van der Waals surface area (Å²) in [5.41, 5.74) is 2.52. The highest BCUT2D eigenvalue weighted by Crippen LogP contribution is 2.21. The van der Waals surface area contributed by atoms with Crippen LogP contribution < -0.4 is 15.4 Å². The minimum absolute atomic E-state index is 0.0166. The quantitative estimate of drug-likeness (QED) is 0.597. The minimum atomic E-state index is -0.443. The Kier molecular flexibility index (Phi) is 4.66. The molecule has 0 saturated carbocycles. The molecule has 0 aliphatic rings. The van der Waals surface area contributed by atoms with E-state index < -0.39 is 6.03 Å². The number of nitrogens with one attached hydrogen (secondary N) is 2.